The number of para-hydroxylation sites is 1. The number of hydrogen-bond donors (Lipinski definition) is 0. The quantitative estimate of drug-likeness (QED) is 0.722. The number of hydrogen-bond acceptors (Lipinski definition) is 4. The highest BCUT2D eigenvalue weighted by molar-refractivity contribution is 6.30. The monoisotopic (exact) mass is 355 g/mol. The Bertz CT molecular complexity index is 900. The molecule has 1 amide bonds. The summed E-state index contributed by atoms with van der Waals surface area (Å²) in [6.45, 7) is 3.75. The first-order chi connectivity index (χ1) is 12.2. The van der Waals surface area contributed by atoms with E-state index in [0.29, 0.717) is 23.7 Å². The Labute approximate surface area is 150 Å². The summed E-state index contributed by atoms with van der Waals surface area (Å²) in [5, 5.41) is 5.83. The van der Waals surface area contributed by atoms with E-state index in [0.717, 1.165) is 36.3 Å². The summed E-state index contributed by atoms with van der Waals surface area (Å²) in [7, 11) is 0. The van der Waals surface area contributed by atoms with Gasteiger partial charge in [0.1, 0.15) is 5.69 Å². The van der Waals surface area contributed by atoms with Gasteiger partial charge in [-0.15, -0.1) is 0 Å². The number of carbonyl (C=O) groups is 1. The van der Waals surface area contributed by atoms with Gasteiger partial charge in [0.2, 0.25) is 0 Å². The lowest BCUT2D eigenvalue weighted by Crippen LogP contribution is -2.48. The van der Waals surface area contributed by atoms with Crippen LogP contribution in [0.15, 0.2) is 53.1 Å². The fourth-order valence-corrected chi connectivity index (χ4v) is 3.37. The van der Waals surface area contributed by atoms with Gasteiger partial charge in [0, 0.05) is 48.7 Å². The Hall–Kier alpha value is -2.37. The topological polar surface area (TPSA) is 49.6 Å². The third-order valence-electron chi connectivity index (χ3n) is 4.56. The maximum atomic E-state index is 12.6. The van der Waals surface area contributed by atoms with E-state index in [1.54, 1.807) is 12.1 Å². The molecule has 128 valence electrons. The molecule has 1 aliphatic heterocycles. The Morgan fingerprint density at radius 3 is 2.68 bits per heavy atom. The highest BCUT2D eigenvalue weighted by Crippen LogP contribution is 2.20. The maximum Gasteiger partial charge on any atom is 0.253 e. The van der Waals surface area contributed by atoms with Crippen molar-refractivity contribution in [3.63, 3.8) is 0 Å². The fraction of sp³-hybridized carbons (Fsp3) is 0.263. The first kappa shape index (κ1) is 16.1. The number of carbonyl (C=O) groups excluding carboxylic acids is 1. The Kier molecular flexibility index (Phi) is 4.42. The summed E-state index contributed by atoms with van der Waals surface area (Å²) >= 11 is 5.98. The van der Waals surface area contributed by atoms with Gasteiger partial charge in [-0.1, -0.05) is 35.0 Å². The van der Waals surface area contributed by atoms with Crippen LogP contribution in [0.4, 0.5) is 0 Å². The number of aromatic nitrogens is 1. The third kappa shape index (κ3) is 3.38. The van der Waals surface area contributed by atoms with Crippen molar-refractivity contribution < 1.29 is 9.32 Å². The van der Waals surface area contributed by atoms with Gasteiger partial charge in [0.15, 0.2) is 5.58 Å². The van der Waals surface area contributed by atoms with E-state index in [2.05, 4.69) is 10.1 Å². The van der Waals surface area contributed by atoms with Crippen molar-refractivity contribution in [1.82, 2.24) is 15.0 Å². The number of benzene rings is 2. The van der Waals surface area contributed by atoms with Crippen LogP contribution >= 0.6 is 11.6 Å². The third-order valence-corrected chi connectivity index (χ3v) is 4.79. The van der Waals surface area contributed by atoms with Crippen molar-refractivity contribution in [2.45, 2.75) is 6.54 Å². The standard InChI is InChI=1S/C19H18ClN3O2/c20-15-5-3-4-14(12-15)19(24)23-10-8-22(9-11-23)13-17-16-6-1-2-7-18(16)25-21-17/h1-7,12H,8-11,13H2. The number of piperazine rings is 1. The van der Waals surface area contributed by atoms with E-state index in [4.69, 9.17) is 16.1 Å². The summed E-state index contributed by atoms with van der Waals surface area (Å²) in [6, 6.07) is 15.0. The molecule has 1 aliphatic rings. The molecule has 0 aliphatic carbocycles. The largest absolute Gasteiger partial charge is 0.356 e. The van der Waals surface area contributed by atoms with E-state index in [1.807, 2.05) is 41.3 Å². The molecule has 1 fully saturated rings. The Morgan fingerprint density at radius 1 is 1.08 bits per heavy atom. The van der Waals surface area contributed by atoms with Gasteiger partial charge >= 0.3 is 0 Å². The molecule has 4 rings (SSSR count). The molecule has 0 bridgehead atoms. The predicted octanol–water partition coefficient (Wildman–Crippen LogP) is 3.44. The van der Waals surface area contributed by atoms with Crippen LogP contribution in [0, 0.1) is 0 Å². The molecule has 25 heavy (non-hydrogen) atoms. The number of halogens is 1. The van der Waals surface area contributed by atoms with E-state index in [9.17, 15) is 4.79 Å². The normalized spacial score (nSPS) is 15.6. The van der Waals surface area contributed by atoms with Crippen LogP contribution in [0.25, 0.3) is 11.0 Å². The zero-order valence-electron chi connectivity index (χ0n) is 13.7. The molecule has 3 aromatic rings. The van der Waals surface area contributed by atoms with Crippen LogP contribution in [-0.4, -0.2) is 47.0 Å². The van der Waals surface area contributed by atoms with Gasteiger partial charge in [0.25, 0.3) is 5.91 Å². The molecule has 0 unspecified atom stereocenters. The second-order valence-corrected chi connectivity index (χ2v) is 6.64. The smallest absolute Gasteiger partial charge is 0.253 e. The number of rotatable bonds is 3. The van der Waals surface area contributed by atoms with Crippen LogP contribution in [0.3, 0.4) is 0 Å². The van der Waals surface area contributed by atoms with Crippen LogP contribution in [-0.2, 0) is 6.54 Å². The summed E-state index contributed by atoms with van der Waals surface area (Å²) in [6.07, 6.45) is 0. The lowest BCUT2D eigenvalue weighted by molar-refractivity contribution is 0.0626. The predicted molar refractivity (Wildman–Crippen MR) is 96.6 cm³/mol. The molecular formula is C19H18ClN3O2. The lowest BCUT2D eigenvalue weighted by atomic mass is 10.1. The molecule has 0 atom stereocenters. The summed E-state index contributed by atoms with van der Waals surface area (Å²) in [4.78, 5) is 16.7. The average molecular weight is 356 g/mol. The molecule has 0 N–H and O–H groups in total. The number of nitrogens with zero attached hydrogens (tertiary/aromatic N) is 3. The van der Waals surface area contributed by atoms with Crippen molar-refractivity contribution in [3.05, 3.63) is 64.8 Å². The summed E-state index contributed by atoms with van der Waals surface area (Å²) < 4.78 is 5.37. The second-order valence-electron chi connectivity index (χ2n) is 6.20. The number of amides is 1. The Morgan fingerprint density at radius 2 is 1.88 bits per heavy atom. The molecule has 0 saturated carbocycles. The first-order valence-electron chi connectivity index (χ1n) is 8.31. The highest BCUT2D eigenvalue weighted by Gasteiger charge is 2.23. The maximum absolute atomic E-state index is 12.6. The van der Waals surface area contributed by atoms with Crippen molar-refractivity contribution >= 4 is 28.5 Å². The van der Waals surface area contributed by atoms with Crippen molar-refractivity contribution in [3.8, 4) is 0 Å². The van der Waals surface area contributed by atoms with Crippen molar-refractivity contribution in [2.75, 3.05) is 26.2 Å². The molecule has 2 aromatic carbocycles. The SMILES string of the molecule is O=C(c1cccc(Cl)c1)N1CCN(Cc2noc3ccccc23)CC1. The van der Waals surface area contributed by atoms with Crippen molar-refractivity contribution in [1.29, 1.82) is 0 Å². The van der Waals surface area contributed by atoms with Crippen LogP contribution in [0.1, 0.15) is 16.1 Å². The van der Waals surface area contributed by atoms with Gasteiger partial charge in [-0.3, -0.25) is 9.69 Å². The minimum absolute atomic E-state index is 0.0361. The molecular weight excluding hydrogens is 338 g/mol. The van der Waals surface area contributed by atoms with E-state index < -0.39 is 0 Å². The number of fused-ring (bicyclic) bond motifs is 1. The average Bonchev–Trinajstić information content (AvgIpc) is 3.05. The molecule has 0 radical (unpaired) electrons. The zero-order chi connectivity index (χ0) is 17.2. The molecule has 0 spiro atoms. The summed E-state index contributed by atoms with van der Waals surface area (Å²) in [5.41, 5.74) is 2.40. The molecule has 1 aromatic heterocycles. The second kappa shape index (κ2) is 6.86. The molecule has 5 nitrogen and oxygen atoms in total. The molecule has 6 heteroatoms. The van der Waals surface area contributed by atoms with Crippen molar-refractivity contribution in [2.24, 2.45) is 0 Å². The first-order valence-corrected chi connectivity index (χ1v) is 8.69. The van der Waals surface area contributed by atoms with Gasteiger partial charge in [-0.25, -0.2) is 0 Å². The van der Waals surface area contributed by atoms with E-state index >= 15 is 0 Å². The van der Waals surface area contributed by atoms with Crippen LogP contribution in [0.5, 0.6) is 0 Å². The molecule has 1 saturated heterocycles. The highest BCUT2D eigenvalue weighted by atomic mass is 35.5. The van der Waals surface area contributed by atoms with Gasteiger partial charge in [-0.05, 0) is 30.3 Å². The van der Waals surface area contributed by atoms with Gasteiger partial charge in [0.05, 0.1) is 0 Å². The van der Waals surface area contributed by atoms with E-state index in [1.165, 1.54) is 0 Å². The van der Waals surface area contributed by atoms with E-state index in [-0.39, 0.29) is 5.91 Å². The van der Waals surface area contributed by atoms with Crippen LogP contribution in [0.2, 0.25) is 5.02 Å². The van der Waals surface area contributed by atoms with Gasteiger partial charge < -0.3 is 9.42 Å². The minimum atomic E-state index is 0.0361. The fourth-order valence-electron chi connectivity index (χ4n) is 3.18. The molecule has 2 heterocycles. The Balaban J connectivity index is 1.39. The lowest BCUT2D eigenvalue weighted by Gasteiger charge is -2.34. The zero-order valence-corrected chi connectivity index (χ0v) is 14.4. The van der Waals surface area contributed by atoms with Gasteiger partial charge in [-0.2, -0.15) is 0 Å². The minimum Gasteiger partial charge on any atom is -0.356 e. The summed E-state index contributed by atoms with van der Waals surface area (Å²) in [5.74, 6) is 0.0361. The van der Waals surface area contributed by atoms with Crippen LogP contribution < -0.4 is 0 Å².